The monoisotopic (exact) mass is 448 g/mol. The number of anilines is 1. The average molecular weight is 449 g/mol. The van der Waals surface area contributed by atoms with Crippen LogP contribution >= 0.6 is 0 Å². The van der Waals surface area contributed by atoms with E-state index in [0.29, 0.717) is 18.7 Å². The molecule has 31 heavy (non-hydrogen) atoms. The topological polar surface area (TPSA) is 136 Å². The second-order valence-electron chi connectivity index (χ2n) is 7.66. The van der Waals surface area contributed by atoms with Crippen LogP contribution in [0, 0.1) is 6.08 Å². The number of nitrogens with zero attached hydrogens (tertiary/aromatic N) is 4. The molecule has 2 heterocycles. The number of aryl methyl sites for hydroxylation is 3. The fourth-order valence-electron chi connectivity index (χ4n) is 4.12. The lowest BCUT2D eigenvalue weighted by Crippen LogP contribution is -2.25. The van der Waals surface area contributed by atoms with E-state index >= 15 is 0 Å². The Labute approximate surface area is 179 Å². The summed E-state index contributed by atoms with van der Waals surface area (Å²) >= 11 is 0. The lowest BCUT2D eigenvalue weighted by Gasteiger charge is -2.14. The number of sulfonamides is 1. The van der Waals surface area contributed by atoms with Gasteiger partial charge in [-0.1, -0.05) is 19.1 Å². The number of aliphatic hydroxyl groups is 1. The zero-order valence-electron chi connectivity index (χ0n) is 17.4. The highest BCUT2D eigenvalue weighted by atomic mass is 32.2. The van der Waals surface area contributed by atoms with Gasteiger partial charge in [-0.3, -0.25) is 0 Å². The second kappa shape index (κ2) is 8.13. The van der Waals surface area contributed by atoms with Crippen molar-refractivity contribution in [1.29, 1.82) is 0 Å². The summed E-state index contributed by atoms with van der Waals surface area (Å²) in [5.41, 5.74) is 10.4. The summed E-state index contributed by atoms with van der Waals surface area (Å²) in [5, 5.41) is 10.3. The molecule has 0 spiro atoms. The maximum atomic E-state index is 13.9. The Morgan fingerprint density at radius 1 is 1.29 bits per heavy atom. The number of hydrogen-bond donors (Lipinski definition) is 3. The number of halogens is 1. The average Bonchev–Trinajstić information content (AvgIpc) is 3.26. The first-order valence-electron chi connectivity index (χ1n) is 10.1. The predicted octanol–water partition coefficient (Wildman–Crippen LogP) is 1.23. The SMILES string of the molecule is CCc1cc2c(cc1Cc1nc3c(N)nc(F)nc3n1CCS(=O)(=O)NC)C(O)CC2. The molecule has 0 radical (unpaired) electrons. The highest BCUT2D eigenvalue weighted by Gasteiger charge is 2.24. The van der Waals surface area contributed by atoms with Crippen molar-refractivity contribution in [1.82, 2.24) is 24.2 Å². The molecule has 9 nitrogen and oxygen atoms in total. The normalized spacial score (nSPS) is 16.2. The molecule has 1 aliphatic rings. The molecule has 0 saturated carbocycles. The lowest BCUT2D eigenvalue weighted by molar-refractivity contribution is 0.180. The van der Waals surface area contributed by atoms with Crippen LogP contribution in [0.15, 0.2) is 12.1 Å². The van der Waals surface area contributed by atoms with Crippen LogP contribution in [0.3, 0.4) is 0 Å². The van der Waals surface area contributed by atoms with Gasteiger partial charge in [-0.2, -0.15) is 14.4 Å². The van der Waals surface area contributed by atoms with Crippen LogP contribution in [0.4, 0.5) is 10.2 Å². The Morgan fingerprint density at radius 3 is 2.77 bits per heavy atom. The van der Waals surface area contributed by atoms with Crippen molar-refractivity contribution < 1.29 is 17.9 Å². The van der Waals surface area contributed by atoms with Gasteiger partial charge in [-0.25, -0.2) is 18.1 Å². The van der Waals surface area contributed by atoms with E-state index in [-0.39, 0.29) is 29.3 Å². The molecule has 4 rings (SSSR count). The molecule has 0 bridgehead atoms. The van der Waals surface area contributed by atoms with Gasteiger partial charge in [0.2, 0.25) is 10.0 Å². The molecular weight excluding hydrogens is 423 g/mol. The first kappa shape index (κ1) is 21.6. The van der Waals surface area contributed by atoms with E-state index in [4.69, 9.17) is 5.73 Å². The lowest BCUT2D eigenvalue weighted by atomic mass is 9.95. The molecule has 4 N–H and O–H groups in total. The van der Waals surface area contributed by atoms with Gasteiger partial charge >= 0.3 is 6.08 Å². The summed E-state index contributed by atoms with van der Waals surface area (Å²) in [4.78, 5) is 11.9. The molecule has 1 aliphatic carbocycles. The maximum Gasteiger partial charge on any atom is 0.312 e. The molecule has 1 atom stereocenters. The molecule has 3 aromatic rings. The Hall–Kier alpha value is -2.63. The number of imidazole rings is 1. The van der Waals surface area contributed by atoms with Gasteiger partial charge in [0.25, 0.3) is 0 Å². The zero-order valence-corrected chi connectivity index (χ0v) is 18.2. The molecule has 1 aromatic carbocycles. The first-order chi connectivity index (χ1) is 14.7. The highest BCUT2D eigenvalue weighted by molar-refractivity contribution is 7.89. The van der Waals surface area contributed by atoms with E-state index in [1.54, 1.807) is 4.57 Å². The molecular formula is C20H25FN6O3S. The molecule has 0 fully saturated rings. The van der Waals surface area contributed by atoms with Crippen LogP contribution < -0.4 is 10.5 Å². The van der Waals surface area contributed by atoms with E-state index < -0.39 is 22.2 Å². The third kappa shape index (κ3) is 4.12. The molecule has 0 amide bonds. The molecule has 166 valence electrons. The van der Waals surface area contributed by atoms with Crippen LogP contribution in [-0.4, -0.2) is 45.8 Å². The van der Waals surface area contributed by atoms with Crippen LogP contribution in [0.25, 0.3) is 11.2 Å². The summed E-state index contributed by atoms with van der Waals surface area (Å²) in [5.74, 6) is 0.186. The summed E-state index contributed by atoms with van der Waals surface area (Å²) in [6.45, 7) is 2.08. The van der Waals surface area contributed by atoms with Crippen molar-refractivity contribution in [2.75, 3.05) is 18.5 Å². The number of aromatic nitrogens is 4. The number of rotatable bonds is 7. The van der Waals surface area contributed by atoms with Crippen molar-refractivity contribution in [2.24, 2.45) is 0 Å². The minimum absolute atomic E-state index is 0.0277. The number of nitrogen functional groups attached to an aromatic ring is 1. The van der Waals surface area contributed by atoms with Gasteiger partial charge in [-0.05, 0) is 48.6 Å². The number of benzene rings is 1. The van der Waals surface area contributed by atoms with Gasteiger partial charge in [0.1, 0.15) is 5.82 Å². The van der Waals surface area contributed by atoms with Crippen molar-refractivity contribution in [3.63, 3.8) is 0 Å². The van der Waals surface area contributed by atoms with Crippen LogP contribution in [0.1, 0.15) is 47.5 Å². The van der Waals surface area contributed by atoms with E-state index in [2.05, 4.69) is 32.7 Å². The Bertz CT molecular complexity index is 1260. The van der Waals surface area contributed by atoms with Gasteiger partial charge in [0.15, 0.2) is 17.0 Å². The van der Waals surface area contributed by atoms with Gasteiger partial charge < -0.3 is 15.4 Å². The summed E-state index contributed by atoms with van der Waals surface area (Å²) in [6.07, 6.45) is 1.21. The summed E-state index contributed by atoms with van der Waals surface area (Å²) < 4.78 is 41.7. The van der Waals surface area contributed by atoms with Gasteiger partial charge in [-0.15, -0.1) is 0 Å². The standard InChI is InChI=1S/C20H25FN6O3S/c1-3-11-8-12-4-5-15(28)14(12)9-13(11)10-16-24-17-18(22)25-20(21)26-19(17)27(16)6-7-31(29,30)23-2/h8-9,15,23,28H,3-7,10H2,1-2H3,(H2,22,25,26). The van der Waals surface area contributed by atoms with Crippen LogP contribution in [0.2, 0.25) is 0 Å². The highest BCUT2D eigenvalue weighted by Crippen LogP contribution is 2.34. The quantitative estimate of drug-likeness (QED) is 0.463. The van der Waals surface area contributed by atoms with E-state index in [0.717, 1.165) is 35.1 Å². The Morgan fingerprint density at radius 2 is 2.06 bits per heavy atom. The third-order valence-electron chi connectivity index (χ3n) is 5.81. The largest absolute Gasteiger partial charge is 0.388 e. The number of hydrogen-bond acceptors (Lipinski definition) is 7. The predicted molar refractivity (Wildman–Crippen MR) is 114 cm³/mol. The van der Waals surface area contributed by atoms with Crippen molar-refractivity contribution in [3.8, 4) is 0 Å². The van der Waals surface area contributed by atoms with E-state index in [9.17, 15) is 17.9 Å². The summed E-state index contributed by atoms with van der Waals surface area (Å²) in [6, 6.07) is 4.11. The first-order valence-corrected chi connectivity index (χ1v) is 11.8. The zero-order chi connectivity index (χ0) is 22.3. The molecule has 1 unspecified atom stereocenters. The van der Waals surface area contributed by atoms with Gasteiger partial charge in [0.05, 0.1) is 11.9 Å². The van der Waals surface area contributed by atoms with Crippen molar-refractivity contribution in [3.05, 3.63) is 46.3 Å². The maximum absolute atomic E-state index is 13.9. The Kier molecular flexibility index (Phi) is 5.67. The molecule has 0 aliphatic heterocycles. The van der Waals surface area contributed by atoms with Crippen LogP contribution in [-0.2, 0) is 35.8 Å². The smallest absolute Gasteiger partial charge is 0.312 e. The number of nitrogens with two attached hydrogens (primary N) is 1. The van der Waals surface area contributed by atoms with Crippen LogP contribution in [0.5, 0.6) is 0 Å². The number of fused-ring (bicyclic) bond motifs is 2. The molecule has 11 heteroatoms. The minimum atomic E-state index is -3.50. The fraction of sp³-hybridized carbons (Fsp3) is 0.450. The second-order valence-corrected chi connectivity index (χ2v) is 9.70. The Balaban J connectivity index is 1.81. The van der Waals surface area contributed by atoms with Crippen molar-refractivity contribution >= 4 is 27.0 Å². The van der Waals surface area contributed by atoms with E-state index in [1.807, 2.05) is 6.07 Å². The molecule has 0 saturated heterocycles. The summed E-state index contributed by atoms with van der Waals surface area (Å²) in [7, 11) is -2.16. The number of aliphatic hydroxyl groups excluding tert-OH is 1. The third-order valence-corrected chi connectivity index (χ3v) is 7.15. The van der Waals surface area contributed by atoms with Crippen molar-refractivity contribution in [2.45, 2.75) is 45.3 Å². The minimum Gasteiger partial charge on any atom is -0.388 e. The van der Waals surface area contributed by atoms with E-state index in [1.165, 1.54) is 7.05 Å². The fourth-order valence-corrected chi connectivity index (χ4v) is 4.75. The number of nitrogens with one attached hydrogen (secondary N) is 1. The molecule has 2 aromatic heterocycles. The van der Waals surface area contributed by atoms with Gasteiger partial charge in [0, 0.05) is 13.0 Å².